The predicted octanol–water partition coefficient (Wildman–Crippen LogP) is 9.91. The lowest BCUT2D eigenvalue weighted by atomic mass is 9.80. The third kappa shape index (κ3) is 7.78. The Kier molecular flexibility index (Phi) is 12.0. The topological polar surface area (TPSA) is 15.6 Å². The standard InChI is InChI=1S/C33H30N2.C11H14/c1-5-7-9-21-32(34-6-2)35-25-17-11-8-10-15-24-16-14-20-31(35)27(24)23-28-26-18-12-13-19-29(26)33(3,4)30(28)22-25;1-3-5-7-9-11-10-8-6-4-2/h5-23H,2H2,1,3-4H3;3-11H,1H2,2H3/b7-5+,10-8+,11-8?,15-10?,17-11+,21-9+,24-15-,25-17?,25-22+,27-23-,28-23?,30-22?,34-32?;6-4-,7-5-,10-8+,11-9+. The smallest absolute Gasteiger partial charge is 0.137 e. The lowest BCUT2D eigenvalue weighted by Gasteiger charge is -2.30. The summed E-state index contributed by atoms with van der Waals surface area (Å²) in [6.07, 6.45) is 42.5. The van der Waals surface area contributed by atoms with Gasteiger partial charge < -0.3 is 0 Å². The van der Waals surface area contributed by atoms with Gasteiger partial charge in [0.25, 0.3) is 0 Å². The second-order valence-corrected chi connectivity index (χ2v) is 11.2. The first-order valence-electron chi connectivity index (χ1n) is 15.7. The van der Waals surface area contributed by atoms with Gasteiger partial charge in [-0.1, -0.05) is 161 Å². The van der Waals surface area contributed by atoms with Gasteiger partial charge in [0.2, 0.25) is 0 Å². The van der Waals surface area contributed by atoms with Crippen molar-refractivity contribution in [2.24, 2.45) is 4.99 Å². The molecule has 0 saturated carbocycles. The molecule has 0 fully saturated rings. The van der Waals surface area contributed by atoms with Crippen molar-refractivity contribution in [1.82, 2.24) is 0 Å². The fourth-order valence-electron chi connectivity index (χ4n) is 5.66. The van der Waals surface area contributed by atoms with Gasteiger partial charge in [-0.05, 0) is 71.7 Å². The summed E-state index contributed by atoms with van der Waals surface area (Å²) in [5.41, 5.74) is 7.28. The Balaban J connectivity index is 0.000000375. The Morgan fingerprint density at radius 1 is 0.761 bits per heavy atom. The Bertz CT molecular complexity index is 1900. The van der Waals surface area contributed by atoms with Crippen LogP contribution in [0.1, 0.15) is 38.8 Å². The van der Waals surface area contributed by atoms with Crippen LogP contribution in [0.2, 0.25) is 0 Å². The van der Waals surface area contributed by atoms with Gasteiger partial charge in [0, 0.05) is 22.5 Å². The van der Waals surface area contributed by atoms with Gasteiger partial charge in [-0.15, -0.1) is 0 Å². The lowest BCUT2D eigenvalue weighted by Crippen LogP contribution is -2.38. The van der Waals surface area contributed by atoms with E-state index in [-0.39, 0.29) is 5.41 Å². The number of nitrogens with zero attached hydrogens (tertiary/aromatic N) is 2. The molecule has 1 aliphatic carbocycles. The van der Waals surface area contributed by atoms with Crippen molar-refractivity contribution in [3.05, 3.63) is 204 Å². The van der Waals surface area contributed by atoms with Gasteiger partial charge in [-0.25, -0.2) is 4.99 Å². The van der Waals surface area contributed by atoms with E-state index in [2.05, 4.69) is 117 Å². The first kappa shape index (κ1) is 33.4. The van der Waals surface area contributed by atoms with E-state index >= 15 is 0 Å². The molecule has 46 heavy (non-hydrogen) atoms. The van der Waals surface area contributed by atoms with Crippen LogP contribution in [0.3, 0.4) is 0 Å². The average molecular weight is 601 g/mol. The molecule has 0 aromatic heterocycles. The van der Waals surface area contributed by atoms with Crippen LogP contribution in [0.5, 0.6) is 0 Å². The summed E-state index contributed by atoms with van der Waals surface area (Å²) >= 11 is 0. The van der Waals surface area contributed by atoms with E-state index in [1.165, 1.54) is 32.7 Å². The molecule has 0 unspecified atom stereocenters. The van der Waals surface area contributed by atoms with Gasteiger partial charge in [0.1, 0.15) is 5.84 Å². The number of benzene rings is 2. The van der Waals surface area contributed by atoms with Crippen molar-refractivity contribution >= 4 is 29.2 Å². The van der Waals surface area contributed by atoms with Crippen LogP contribution in [0.4, 0.5) is 5.69 Å². The SMILES string of the molecule is C=CN=C(/C=C/C=C/C)N1C2=C/C3=C(/C=c4\c1ccc\c4=C\C=C\C=C\2)c1ccccc1C3(C)C.C=C\C=C/C=C/C=C/C=C\C. The van der Waals surface area contributed by atoms with Crippen LogP contribution >= 0.6 is 0 Å². The molecule has 2 aromatic rings. The Morgan fingerprint density at radius 2 is 1.48 bits per heavy atom. The molecule has 5 rings (SSSR count). The van der Waals surface area contributed by atoms with Gasteiger partial charge >= 0.3 is 0 Å². The number of amidine groups is 1. The normalized spacial score (nSPS) is 20.8. The van der Waals surface area contributed by atoms with Gasteiger partial charge in [0.05, 0.1) is 5.69 Å². The molecule has 0 atom stereocenters. The molecular weight excluding hydrogens is 556 g/mol. The van der Waals surface area contributed by atoms with Crippen LogP contribution in [-0.4, -0.2) is 5.84 Å². The maximum absolute atomic E-state index is 4.71. The van der Waals surface area contributed by atoms with Crippen LogP contribution in [0.25, 0.3) is 17.7 Å². The third-order valence-electron chi connectivity index (χ3n) is 7.81. The number of fused-ring (bicyclic) bond motifs is 3. The highest BCUT2D eigenvalue weighted by molar-refractivity contribution is 6.10. The van der Waals surface area contributed by atoms with E-state index in [1.54, 1.807) is 12.3 Å². The summed E-state index contributed by atoms with van der Waals surface area (Å²) < 4.78 is 0. The molecule has 2 heteroatoms. The van der Waals surface area contributed by atoms with Crippen molar-refractivity contribution < 1.29 is 0 Å². The van der Waals surface area contributed by atoms with Crippen molar-refractivity contribution in [3.8, 4) is 0 Å². The minimum absolute atomic E-state index is 0.125. The second kappa shape index (κ2) is 16.6. The maximum atomic E-state index is 4.71. The van der Waals surface area contributed by atoms with E-state index < -0.39 is 0 Å². The summed E-state index contributed by atoms with van der Waals surface area (Å²) in [5.74, 6) is 0.808. The number of hydrogen-bond donors (Lipinski definition) is 0. The number of allylic oxidation sites excluding steroid dienone is 19. The van der Waals surface area contributed by atoms with Gasteiger partial charge in [0.15, 0.2) is 0 Å². The number of aliphatic imine (C=N–C) groups is 1. The molecule has 0 radical (unpaired) electrons. The number of rotatable bonds is 7. The highest BCUT2D eigenvalue weighted by Gasteiger charge is 2.37. The Labute approximate surface area is 275 Å². The first-order valence-corrected chi connectivity index (χ1v) is 15.7. The quantitative estimate of drug-likeness (QED) is 0.175. The van der Waals surface area contributed by atoms with E-state index in [4.69, 9.17) is 4.99 Å². The summed E-state index contributed by atoms with van der Waals surface area (Å²) in [6.45, 7) is 16.1. The minimum Gasteiger partial charge on any atom is -0.294 e. The first-order chi connectivity index (χ1) is 22.5. The zero-order valence-electron chi connectivity index (χ0n) is 27.5. The highest BCUT2D eigenvalue weighted by atomic mass is 15.2. The molecule has 2 heterocycles. The predicted molar refractivity (Wildman–Crippen MR) is 204 cm³/mol. The molecule has 2 nitrogen and oxygen atoms in total. The second-order valence-electron chi connectivity index (χ2n) is 11.2. The van der Waals surface area contributed by atoms with Crippen molar-refractivity contribution in [2.45, 2.75) is 33.1 Å². The molecule has 3 aliphatic rings. The molecular formula is C44H44N2. The van der Waals surface area contributed by atoms with Crippen LogP contribution < -0.4 is 15.3 Å². The minimum atomic E-state index is -0.125. The van der Waals surface area contributed by atoms with Crippen molar-refractivity contribution in [2.75, 3.05) is 4.90 Å². The van der Waals surface area contributed by atoms with E-state index in [9.17, 15) is 0 Å². The molecule has 2 aromatic carbocycles. The van der Waals surface area contributed by atoms with Gasteiger partial charge in [-0.2, -0.15) is 0 Å². The average Bonchev–Trinajstić information content (AvgIpc) is 3.25. The number of anilines is 1. The zero-order valence-corrected chi connectivity index (χ0v) is 27.5. The summed E-state index contributed by atoms with van der Waals surface area (Å²) in [7, 11) is 0. The number of hydrogen-bond acceptors (Lipinski definition) is 1. The van der Waals surface area contributed by atoms with Crippen LogP contribution in [0, 0.1) is 0 Å². The third-order valence-corrected chi connectivity index (χ3v) is 7.81. The maximum Gasteiger partial charge on any atom is 0.137 e. The molecule has 2 aliphatic heterocycles. The van der Waals surface area contributed by atoms with E-state index in [0.717, 1.165) is 17.2 Å². The monoisotopic (exact) mass is 600 g/mol. The molecule has 0 N–H and O–H groups in total. The molecule has 0 saturated heterocycles. The highest BCUT2D eigenvalue weighted by Crippen LogP contribution is 2.48. The summed E-state index contributed by atoms with van der Waals surface area (Å²) in [6, 6.07) is 15.3. The van der Waals surface area contributed by atoms with Gasteiger partial charge in [-0.3, -0.25) is 4.90 Å². The van der Waals surface area contributed by atoms with E-state index in [1.807, 2.05) is 86.8 Å². The molecule has 230 valence electrons. The molecule has 0 spiro atoms. The van der Waals surface area contributed by atoms with Crippen LogP contribution in [0.15, 0.2) is 187 Å². The van der Waals surface area contributed by atoms with E-state index in [0.29, 0.717) is 0 Å². The van der Waals surface area contributed by atoms with Crippen LogP contribution in [-0.2, 0) is 5.41 Å². The summed E-state index contributed by atoms with van der Waals surface area (Å²) in [4.78, 5) is 6.95. The molecule has 0 amide bonds. The van der Waals surface area contributed by atoms with Crippen molar-refractivity contribution in [3.63, 3.8) is 0 Å². The largest absolute Gasteiger partial charge is 0.294 e. The van der Waals surface area contributed by atoms with Crippen molar-refractivity contribution in [1.29, 1.82) is 0 Å². The lowest BCUT2D eigenvalue weighted by molar-refractivity contribution is 0.653. The Morgan fingerprint density at radius 3 is 2.22 bits per heavy atom. The fraction of sp³-hybridized carbons (Fsp3) is 0.114. The summed E-state index contributed by atoms with van der Waals surface area (Å²) in [5, 5.41) is 2.35. The Hall–Kier alpha value is -5.47. The fourth-order valence-corrected chi connectivity index (χ4v) is 5.66. The molecule has 4 bridgehead atoms. The zero-order chi connectivity index (χ0) is 32.8.